The average molecular weight is 280 g/mol. The van der Waals surface area contributed by atoms with Crippen molar-refractivity contribution in [3.63, 3.8) is 0 Å². The van der Waals surface area contributed by atoms with E-state index in [2.05, 4.69) is 5.32 Å². The summed E-state index contributed by atoms with van der Waals surface area (Å²) < 4.78 is 0. The lowest BCUT2D eigenvalue weighted by Gasteiger charge is -2.31. The Bertz CT molecular complexity index is 399. The summed E-state index contributed by atoms with van der Waals surface area (Å²) in [4.78, 5) is 25.7. The van der Waals surface area contributed by atoms with Crippen LogP contribution in [-0.4, -0.2) is 40.6 Å². The molecule has 0 aromatic carbocycles. The highest BCUT2D eigenvalue weighted by atomic mass is 16.4. The third-order valence-electron chi connectivity index (χ3n) is 5.31. The first-order valence-electron chi connectivity index (χ1n) is 7.95. The van der Waals surface area contributed by atoms with Crippen molar-refractivity contribution in [1.29, 1.82) is 0 Å². The molecule has 2 saturated carbocycles. The molecule has 5 heteroatoms. The van der Waals surface area contributed by atoms with Crippen molar-refractivity contribution in [3.05, 3.63) is 0 Å². The van der Waals surface area contributed by atoms with Crippen LogP contribution in [0.2, 0.25) is 0 Å². The molecule has 0 aromatic rings. The molecular weight excluding hydrogens is 256 g/mol. The van der Waals surface area contributed by atoms with E-state index in [0.717, 1.165) is 45.1 Å². The third-order valence-corrected chi connectivity index (χ3v) is 5.31. The zero-order chi connectivity index (χ0) is 14.1. The van der Waals surface area contributed by atoms with Gasteiger partial charge in [-0.3, -0.25) is 4.79 Å². The molecule has 2 N–H and O–H groups in total. The van der Waals surface area contributed by atoms with Gasteiger partial charge in [-0.05, 0) is 38.0 Å². The summed E-state index contributed by atoms with van der Waals surface area (Å²) in [7, 11) is 0. The number of piperidine rings is 1. The predicted octanol–water partition coefficient (Wildman–Crippen LogP) is 2.21. The van der Waals surface area contributed by atoms with Gasteiger partial charge >= 0.3 is 12.0 Å². The van der Waals surface area contributed by atoms with Crippen LogP contribution in [0, 0.1) is 11.8 Å². The van der Waals surface area contributed by atoms with Crippen LogP contribution >= 0.6 is 0 Å². The maximum atomic E-state index is 12.4. The van der Waals surface area contributed by atoms with E-state index in [4.69, 9.17) is 0 Å². The van der Waals surface area contributed by atoms with E-state index >= 15 is 0 Å². The average Bonchev–Trinajstić information content (AvgIpc) is 2.97. The second-order valence-corrected chi connectivity index (χ2v) is 6.62. The quantitative estimate of drug-likeness (QED) is 0.762. The topological polar surface area (TPSA) is 69.6 Å². The molecule has 0 aromatic heterocycles. The minimum Gasteiger partial charge on any atom is -0.481 e. The number of hydrogen-bond acceptors (Lipinski definition) is 2. The number of aliphatic carboxylic acids is 1. The number of urea groups is 1. The molecule has 1 saturated heterocycles. The number of carbonyl (C=O) groups excluding carboxylic acids is 1. The maximum absolute atomic E-state index is 12.4. The molecule has 2 aliphatic carbocycles. The fourth-order valence-corrected chi connectivity index (χ4v) is 4.19. The molecule has 0 radical (unpaired) electrons. The molecule has 4 unspecified atom stereocenters. The lowest BCUT2D eigenvalue weighted by atomic mass is 9.95. The molecule has 3 rings (SSSR count). The number of fused-ring (bicyclic) bond motifs is 2. The van der Waals surface area contributed by atoms with Gasteiger partial charge in [0.05, 0.1) is 5.92 Å². The van der Waals surface area contributed by atoms with Crippen LogP contribution in [0.3, 0.4) is 0 Å². The van der Waals surface area contributed by atoms with Crippen LogP contribution in [0.5, 0.6) is 0 Å². The number of nitrogens with one attached hydrogen (secondary N) is 1. The number of nitrogens with zero attached hydrogens (tertiary/aromatic N) is 1. The number of carboxylic acid groups (broad SMARTS) is 1. The van der Waals surface area contributed by atoms with Gasteiger partial charge in [0.25, 0.3) is 0 Å². The molecule has 2 bridgehead atoms. The normalized spacial score (nSPS) is 36.7. The fraction of sp³-hybridized carbons (Fsp3) is 0.867. The van der Waals surface area contributed by atoms with E-state index in [9.17, 15) is 14.7 Å². The predicted molar refractivity (Wildman–Crippen MR) is 74.4 cm³/mol. The number of carboxylic acids is 1. The lowest BCUT2D eigenvalue weighted by molar-refractivity contribution is -0.142. The van der Waals surface area contributed by atoms with Gasteiger partial charge in [0, 0.05) is 18.6 Å². The third kappa shape index (κ3) is 2.63. The molecule has 1 heterocycles. The Morgan fingerprint density at radius 1 is 1.05 bits per heavy atom. The highest BCUT2D eigenvalue weighted by Gasteiger charge is 2.41. The van der Waals surface area contributed by atoms with Gasteiger partial charge in [0.1, 0.15) is 0 Å². The first-order chi connectivity index (χ1) is 9.65. The first kappa shape index (κ1) is 13.7. The summed E-state index contributed by atoms with van der Waals surface area (Å²) in [5, 5.41) is 12.4. The van der Waals surface area contributed by atoms with Crippen LogP contribution in [0.4, 0.5) is 4.79 Å². The Morgan fingerprint density at radius 3 is 2.50 bits per heavy atom. The Kier molecular flexibility index (Phi) is 3.85. The molecule has 5 nitrogen and oxygen atoms in total. The van der Waals surface area contributed by atoms with Crippen molar-refractivity contribution in [1.82, 2.24) is 10.2 Å². The van der Waals surface area contributed by atoms with Crippen LogP contribution in [-0.2, 0) is 4.79 Å². The van der Waals surface area contributed by atoms with Crippen molar-refractivity contribution in [3.8, 4) is 0 Å². The molecule has 3 aliphatic rings. The molecule has 2 amide bonds. The SMILES string of the molecule is O=C(O)C1CCCCCC1NC(=O)N1CC2CCC1C2. The number of rotatable bonds is 2. The summed E-state index contributed by atoms with van der Waals surface area (Å²) in [5.41, 5.74) is 0. The summed E-state index contributed by atoms with van der Waals surface area (Å²) in [6.45, 7) is 0.862. The molecule has 112 valence electrons. The van der Waals surface area contributed by atoms with Gasteiger partial charge in [-0.25, -0.2) is 4.79 Å². The summed E-state index contributed by atoms with van der Waals surface area (Å²) >= 11 is 0. The van der Waals surface area contributed by atoms with Gasteiger partial charge in [-0.2, -0.15) is 0 Å². The minimum absolute atomic E-state index is 0.0321. The highest BCUT2D eigenvalue weighted by molar-refractivity contribution is 5.77. The molecule has 4 atom stereocenters. The van der Waals surface area contributed by atoms with Gasteiger partial charge < -0.3 is 15.3 Å². The lowest BCUT2D eigenvalue weighted by Crippen LogP contribution is -2.51. The van der Waals surface area contributed by atoms with Gasteiger partial charge in [-0.15, -0.1) is 0 Å². The minimum atomic E-state index is -0.764. The van der Waals surface area contributed by atoms with Gasteiger partial charge in [-0.1, -0.05) is 19.3 Å². The molecule has 20 heavy (non-hydrogen) atoms. The molecular formula is C15H24N2O3. The van der Waals surface area contributed by atoms with Crippen molar-refractivity contribution < 1.29 is 14.7 Å². The first-order valence-corrected chi connectivity index (χ1v) is 7.95. The van der Waals surface area contributed by atoms with Crippen molar-refractivity contribution in [2.45, 2.75) is 63.5 Å². The Labute approximate surface area is 119 Å². The van der Waals surface area contributed by atoms with Gasteiger partial charge in [0.2, 0.25) is 0 Å². The Morgan fingerprint density at radius 2 is 1.85 bits per heavy atom. The highest BCUT2D eigenvalue weighted by Crippen LogP contribution is 2.37. The molecule has 1 aliphatic heterocycles. The van der Waals surface area contributed by atoms with E-state index in [1.165, 1.54) is 6.42 Å². The Balaban J connectivity index is 1.62. The number of likely N-dealkylation sites (tertiary alicyclic amines) is 1. The van der Waals surface area contributed by atoms with Crippen molar-refractivity contribution >= 4 is 12.0 Å². The van der Waals surface area contributed by atoms with Crippen molar-refractivity contribution in [2.75, 3.05) is 6.54 Å². The van der Waals surface area contributed by atoms with Crippen LogP contribution in [0.15, 0.2) is 0 Å². The molecule has 0 spiro atoms. The van der Waals surface area contributed by atoms with Crippen LogP contribution in [0.1, 0.15) is 51.4 Å². The maximum Gasteiger partial charge on any atom is 0.317 e. The number of amides is 2. The summed E-state index contributed by atoms with van der Waals surface area (Å²) in [5.74, 6) is -0.503. The second kappa shape index (κ2) is 5.62. The van der Waals surface area contributed by atoms with E-state index in [0.29, 0.717) is 18.4 Å². The summed E-state index contributed by atoms with van der Waals surface area (Å²) in [6.07, 6.45) is 8.03. The summed E-state index contributed by atoms with van der Waals surface area (Å²) in [6, 6.07) is 0.172. The second-order valence-electron chi connectivity index (χ2n) is 6.62. The van der Waals surface area contributed by atoms with Crippen LogP contribution in [0.25, 0.3) is 0 Å². The zero-order valence-corrected chi connectivity index (χ0v) is 11.9. The van der Waals surface area contributed by atoms with E-state index in [-0.39, 0.29) is 12.1 Å². The smallest absolute Gasteiger partial charge is 0.317 e. The number of carbonyl (C=O) groups is 2. The largest absolute Gasteiger partial charge is 0.481 e. The monoisotopic (exact) mass is 280 g/mol. The Hall–Kier alpha value is -1.26. The van der Waals surface area contributed by atoms with E-state index in [1.54, 1.807) is 0 Å². The van der Waals surface area contributed by atoms with Crippen molar-refractivity contribution in [2.24, 2.45) is 11.8 Å². The van der Waals surface area contributed by atoms with Crippen LogP contribution < -0.4 is 5.32 Å². The van der Waals surface area contributed by atoms with Gasteiger partial charge in [0.15, 0.2) is 0 Å². The molecule has 3 fully saturated rings. The zero-order valence-electron chi connectivity index (χ0n) is 11.9. The number of hydrogen-bond donors (Lipinski definition) is 2. The standard InChI is InChI=1S/C15H24N2O3/c18-14(19)12-4-2-1-3-5-13(12)16-15(20)17-9-10-6-7-11(17)8-10/h10-13H,1-9H2,(H,16,20)(H,18,19). The fourth-order valence-electron chi connectivity index (χ4n) is 4.19. The van der Waals surface area contributed by atoms with E-state index < -0.39 is 11.9 Å². The van der Waals surface area contributed by atoms with E-state index in [1.807, 2.05) is 4.90 Å².